The van der Waals surface area contributed by atoms with E-state index >= 15 is 0 Å². The Bertz CT molecular complexity index is 843. The maximum Gasteiger partial charge on any atom is 0.251 e. The van der Waals surface area contributed by atoms with E-state index in [-0.39, 0.29) is 11.9 Å². The van der Waals surface area contributed by atoms with E-state index in [4.69, 9.17) is 4.99 Å². The number of aryl methyl sites for hydroxylation is 2. The van der Waals surface area contributed by atoms with Crippen molar-refractivity contribution in [3.8, 4) is 0 Å². The molecule has 0 saturated carbocycles. The quantitative estimate of drug-likeness (QED) is 0.520. The van der Waals surface area contributed by atoms with Crippen LogP contribution in [-0.2, 0) is 13.0 Å². The summed E-state index contributed by atoms with van der Waals surface area (Å²) in [6.45, 7) is 6.32. The van der Waals surface area contributed by atoms with Crippen LogP contribution in [0.3, 0.4) is 0 Å². The molecular weight excluding hydrogens is 354 g/mol. The van der Waals surface area contributed by atoms with Gasteiger partial charge in [-0.1, -0.05) is 12.1 Å². The SMILES string of the molecule is CCNC(=NCCc1cccc(C(=O)NC)c1)NC1CCCn2nc(C)nc21. The first kappa shape index (κ1) is 19.9. The molecule has 0 bridgehead atoms. The van der Waals surface area contributed by atoms with E-state index in [0.29, 0.717) is 12.1 Å². The topological polar surface area (TPSA) is 96.2 Å². The van der Waals surface area contributed by atoms with Gasteiger partial charge in [-0.15, -0.1) is 0 Å². The fourth-order valence-corrected chi connectivity index (χ4v) is 3.40. The molecule has 150 valence electrons. The molecule has 1 amide bonds. The minimum atomic E-state index is -0.0722. The van der Waals surface area contributed by atoms with Crippen molar-refractivity contribution < 1.29 is 4.79 Å². The molecule has 2 heterocycles. The number of nitrogens with zero attached hydrogens (tertiary/aromatic N) is 4. The minimum Gasteiger partial charge on any atom is -0.357 e. The van der Waals surface area contributed by atoms with Crippen molar-refractivity contribution in [1.29, 1.82) is 0 Å². The molecule has 8 nitrogen and oxygen atoms in total. The van der Waals surface area contributed by atoms with Gasteiger partial charge in [-0.3, -0.25) is 9.79 Å². The highest BCUT2D eigenvalue weighted by atomic mass is 16.1. The van der Waals surface area contributed by atoms with Gasteiger partial charge in [0, 0.05) is 32.2 Å². The predicted molar refractivity (Wildman–Crippen MR) is 109 cm³/mol. The maximum absolute atomic E-state index is 11.8. The van der Waals surface area contributed by atoms with Crippen LogP contribution in [0.15, 0.2) is 29.3 Å². The lowest BCUT2D eigenvalue weighted by molar-refractivity contribution is 0.0963. The highest BCUT2D eigenvalue weighted by Gasteiger charge is 2.24. The van der Waals surface area contributed by atoms with Crippen LogP contribution in [0.1, 0.15) is 53.4 Å². The Kier molecular flexibility index (Phi) is 6.62. The van der Waals surface area contributed by atoms with Gasteiger partial charge < -0.3 is 16.0 Å². The second-order valence-electron chi connectivity index (χ2n) is 6.87. The Labute approximate surface area is 165 Å². The van der Waals surface area contributed by atoms with Gasteiger partial charge in [-0.05, 0) is 50.8 Å². The molecule has 1 aliphatic rings. The highest BCUT2D eigenvalue weighted by molar-refractivity contribution is 5.94. The van der Waals surface area contributed by atoms with E-state index in [0.717, 1.165) is 55.5 Å². The number of amides is 1. The number of nitrogens with one attached hydrogen (secondary N) is 3. The maximum atomic E-state index is 11.8. The molecule has 3 rings (SSSR count). The largest absolute Gasteiger partial charge is 0.357 e. The van der Waals surface area contributed by atoms with Gasteiger partial charge >= 0.3 is 0 Å². The molecule has 3 N–H and O–H groups in total. The van der Waals surface area contributed by atoms with Crippen LogP contribution in [0, 0.1) is 6.92 Å². The second kappa shape index (κ2) is 9.34. The van der Waals surface area contributed by atoms with Crippen LogP contribution in [0.25, 0.3) is 0 Å². The summed E-state index contributed by atoms with van der Waals surface area (Å²) in [7, 11) is 1.64. The van der Waals surface area contributed by atoms with Crippen molar-refractivity contribution in [3.05, 3.63) is 47.0 Å². The number of rotatable bonds is 6. The number of fused-ring (bicyclic) bond motifs is 1. The molecule has 0 aliphatic carbocycles. The normalized spacial score (nSPS) is 16.4. The average Bonchev–Trinajstić information content (AvgIpc) is 3.09. The molecule has 0 fully saturated rings. The van der Waals surface area contributed by atoms with Crippen LogP contribution >= 0.6 is 0 Å². The monoisotopic (exact) mass is 383 g/mol. The van der Waals surface area contributed by atoms with Crippen LogP contribution in [0.2, 0.25) is 0 Å². The molecule has 1 aromatic carbocycles. The zero-order valence-corrected chi connectivity index (χ0v) is 16.8. The van der Waals surface area contributed by atoms with Crippen molar-refractivity contribution in [2.75, 3.05) is 20.1 Å². The van der Waals surface area contributed by atoms with Crippen molar-refractivity contribution in [2.45, 2.75) is 45.7 Å². The fraction of sp³-hybridized carbons (Fsp3) is 0.500. The van der Waals surface area contributed by atoms with Gasteiger partial charge in [0.25, 0.3) is 5.91 Å². The second-order valence-corrected chi connectivity index (χ2v) is 6.87. The van der Waals surface area contributed by atoms with Gasteiger partial charge in [-0.2, -0.15) is 5.10 Å². The standard InChI is InChI=1S/C20H29N7O/c1-4-22-20(25-17-9-6-12-27-18(17)24-14(2)26-27)23-11-10-15-7-5-8-16(13-15)19(28)21-3/h5,7-8,13,17H,4,6,9-12H2,1-3H3,(H,21,28)(H2,22,23,25). The predicted octanol–water partition coefficient (Wildman–Crippen LogP) is 1.58. The highest BCUT2D eigenvalue weighted by Crippen LogP contribution is 2.22. The average molecular weight is 384 g/mol. The summed E-state index contributed by atoms with van der Waals surface area (Å²) in [6, 6.07) is 7.78. The van der Waals surface area contributed by atoms with Gasteiger partial charge in [0.05, 0.1) is 6.04 Å². The van der Waals surface area contributed by atoms with Crippen molar-refractivity contribution in [3.63, 3.8) is 0 Å². The van der Waals surface area contributed by atoms with E-state index in [1.807, 2.05) is 35.9 Å². The van der Waals surface area contributed by atoms with E-state index in [9.17, 15) is 4.79 Å². The van der Waals surface area contributed by atoms with E-state index in [1.54, 1.807) is 7.05 Å². The molecule has 0 saturated heterocycles. The van der Waals surface area contributed by atoms with Crippen molar-refractivity contribution in [1.82, 2.24) is 30.7 Å². The van der Waals surface area contributed by atoms with Gasteiger partial charge in [0.2, 0.25) is 0 Å². The molecule has 0 radical (unpaired) electrons. The molecule has 8 heteroatoms. The third-order valence-electron chi connectivity index (χ3n) is 4.72. The summed E-state index contributed by atoms with van der Waals surface area (Å²) in [4.78, 5) is 21.1. The Balaban J connectivity index is 1.64. The lowest BCUT2D eigenvalue weighted by Gasteiger charge is -2.25. The Morgan fingerprint density at radius 1 is 1.39 bits per heavy atom. The first-order valence-corrected chi connectivity index (χ1v) is 9.88. The Hall–Kier alpha value is -2.90. The van der Waals surface area contributed by atoms with E-state index < -0.39 is 0 Å². The number of aliphatic imine (C=N–C) groups is 1. The first-order valence-electron chi connectivity index (χ1n) is 9.88. The lowest BCUT2D eigenvalue weighted by Crippen LogP contribution is -2.41. The Morgan fingerprint density at radius 2 is 2.25 bits per heavy atom. The number of guanidine groups is 1. The molecule has 2 aromatic rings. The summed E-state index contributed by atoms with van der Waals surface area (Å²) in [5.74, 6) is 2.50. The Morgan fingerprint density at radius 3 is 3.04 bits per heavy atom. The third-order valence-corrected chi connectivity index (χ3v) is 4.72. The molecule has 28 heavy (non-hydrogen) atoms. The van der Waals surface area contributed by atoms with Crippen LogP contribution in [-0.4, -0.2) is 46.8 Å². The zero-order chi connectivity index (χ0) is 19.9. The summed E-state index contributed by atoms with van der Waals surface area (Å²) < 4.78 is 1.99. The molecule has 1 unspecified atom stereocenters. The summed E-state index contributed by atoms with van der Waals surface area (Å²) >= 11 is 0. The van der Waals surface area contributed by atoms with Gasteiger partial charge in [0.15, 0.2) is 5.96 Å². The van der Waals surface area contributed by atoms with E-state index in [2.05, 4.69) is 33.0 Å². The first-order chi connectivity index (χ1) is 13.6. The third kappa shape index (κ3) is 4.88. The van der Waals surface area contributed by atoms with E-state index in [1.165, 1.54) is 0 Å². The van der Waals surface area contributed by atoms with Crippen molar-refractivity contribution in [2.24, 2.45) is 4.99 Å². The summed E-state index contributed by atoms with van der Waals surface area (Å²) in [5, 5.41) is 13.9. The summed E-state index contributed by atoms with van der Waals surface area (Å²) in [5.41, 5.74) is 1.76. The van der Waals surface area contributed by atoms with Crippen LogP contribution < -0.4 is 16.0 Å². The van der Waals surface area contributed by atoms with Gasteiger partial charge in [-0.25, -0.2) is 9.67 Å². The molecule has 1 aromatic heterocycles. The number of carbonyl (C=O) groups excluding carboxylic acids is 1. The van der Waals surface area contributed by atoms with Crippen LogP contribution in [0.5, 0.6) is 0 Å². The number of hydrogen-bond donors (Lipinski definition) is 3. The number of hydrogen-bond acceptors (Lipinski definition) is 4. The number of carbonyl (C=O) groups is 1. The lowest BCUT2D eigenvalue weighted by atomic mass is 10.1. The number of aromatic nitrogens is 3. The summed E-state index contributed by atoms with van der Waals surface area (Å²) in [6.07, 6.45) is 2.84. The number of benzene rings is 1. The minimum absolute atomic E-state index is 0.0722. The molecule has 1 atom stereocenters. The smallest absolute Gasteiger partial charge is 0.251 e. The zero-order valence-electron chi connectivity index (χ0n) is 16.8. The molecule has 1 aliphatic heterocycles. The molecule has 0 spiro atoms. The van der Waals surface area contributed by atoms with Crippen LogP contribution in [0.4, 0.5) is 0 Å². The van der Waals surface area contributed by atoms with Crippen molar-refractivity contribution >= 4 is 11.9 Å². The molecular formula is C20H29N7O. The fourth-order valence-electron chi connectivity index (χ4n) is 3.40. The van der Waals surface area contributed by atoms with Gasteiger partial charge in [0.1, 0.15) is 11.6 Å².